The third kappa shape index (κ3) is 1.93. The van der Waals surface area contributed by atoms with Crippen molar-refractivity contribution in [3.8, 4) is 0 Å². The van der Waals surface area contributed by atoms with Gasteiger partial charge in [-0.1, -0.05) is 18.9 Å². The van der Waals surface area contributed by atoms with Crippen LogP contribution in [0, 0.1) is 0 Å². The number of aryl methyl sites for hydroxylation is 1. The van der Waals surface area contributed by atoms with Crippen LogP contribution in [0.3, 0.4) is 0 Å². The number of benzene rings is 1. The number of aromatic nitrogens is 2. The molecule has 0 saturated heterocycles. The van der Waals surface area contributed by atoms with E-state index in [0.717, 1.165) is 11.9 Å². The quantitative estimate of drug-likeness (QED) is 0.900. The predicted molar refractivity (Wildman–Crippen MR) is 74.7 cm³/mol. The van der Waals surface area contributed by atoms with Crippen LogP contribution < -0.4 is 5.73 Å². The van der Waals surface area contributed by atoms with Crippen molar-refractivity contribution in [2.24, 2.45) is 12.8 Å². The Morgan fingerprint density at radius 1 is 1.33 bits per heavy atom. The van der Waals surface area contributed by atoms with Gasteiger partial charge in [0.05, 0.1) is 11.0 Å². The van der Waals surface area contributed by atoms with Gasteiger partial charge in [-0.15, -0.1) is 0 Å². The minimum atomic E-state index is 0.667. The summed E-state index contributed by atoms with van der Waals surface area (Å²) in [5.41, 5.74) is 9.28. The molecule has 1 aliphatic rings. The normalized spacial score (nSPS) is 16.8. The third-order valence-corrected chi connectivity index (χ3v) is 4.13. The Labute approximate surface area is 108 Å². The topological polar surface area (TPSA) is 43.8 Å². The highest BCUT2D eigenvalue weighted by molar-refractivity contribution is 5.77. The van der Waals surface area contributed by atoms with Gasteiger partial charge in [-0.25, -0.2) is 4.98 Å². The number of imidazole rings is 1. The second-order valence-corrected chi connectivity index (χ2v) is 5.37. The molecule has 2 N–H and O–H groups in total. The lowest BCUT2D eigenvalue weighted by Gasteiger charge is -2.08. The first-order valence-electron chi connectivity index (χ1n) is 6.95. The highest BCUT2D eigenvalue weighted by atomic mass is 15.1. The van der Waals surface area contributed by atoms with Gasteiger partial charge in [0.25, 0.3) is 0 Å². The van der Waals surface area contributed by atoms with Crippen LogP contribution in [0.1, 0.15) is 43.0 Å². The molecule has 0 atom stereocenters. The molecule has 0 radical (unpaired) electrons. The molecule has 1 fully saturated rings. The van der Waals surface area contributed by atoms with E-state index in [2.05, 4.69) is 29.8 Å². The van der Waals surface area contributed by atoms with E-state index in [-0.39, 0.29) is 0 Å². The summed E-state index contributed by atoms with van der Waals surface area (Å²) in [5.74, 6) is 1.94. The molecule has 2 aromatic rings. The summed E-state index contributed by atoms with van der Waals surface area (Å²) in [6.07, 6.45) is 6.24. The summed E-state index contributed by atoms with van der Waals surface area (Å²) in [6, 6.07) is 6.56. The summed E-state index contributed by atoms with van der Waals surface area (Å²) in [5, 5.41) is 0. The lowest BCUT2D eigenvalue weighted by molar-refractivity contribution is 0.639. The standard InChI is InChI=1S/C15H21N3/c1-18-14-7-6-11(8-9-16)10-13(14)17-15(18)12-4-2-3-5-12/h6-7,10,12H,2-5,8-9,16H2,1H3. The zero-order valence-electron chi connectivity index (χ0n) is 11.0. The molecular weight excluding hydrogens is 222 g/mol. The van der Waals surface area contributed by atoms with Crippen LogP contribution in [0.5, 0.6) is 0 Å². The van der Waals surface area contributed by atoms with Gasteiger partial charge in [-0.3, -0.25) is 0 Å². The Morgan fingerprint density at radius 2 is 2.11 bits per heavy atom. The first kappa shape index (κ1) is 11.7. The molecule has 0 bridgehead atoms. The second kappa shape index (κ2) is 4.73. The Hall–Kier alpha value is -1.35. The number of hydrogen-bond donors (Lipinski definition) is 1. The second-order valence-electron chi connectivity index (χ2n) is 5.37. The molecule has 3 heteroatoms. The third-order valence-electron chi connectivity index (χ3n) is 4.13. The Bertz CT molecular complexity index is 550. The van der Waals surface area contributed by atoms with Crippen LogP contribution in [-0.2, 0) is 13.5 Å². The molecule has 1 aliphatic carbocycles. The molecule has 96 valence electrons. The van der Waals surface area contributed by atoms with Crippen molar-refractivity contribution in [1.82, 2.24) is 9.55 Å². The zero-order valence-corrected chi connectivity index (χ0v) is 11.0. The number of fused-ring (bicyclic) bond motifs is 1. The molecule has 0 aliphatic heterocycles. The van der Waals surface area contributed by atoms with Gasteiger partial charge in [0.2, 0.25) is 0 Å². The molecule has 3 nitrogen and oxygen atoms in total. The largest absolute Gasteiger partial charge is 0.331 e. The molecular formula is C15H21N3. The summed E-state index contributed by atoms with van der Waals surface area (Å²) in [4.78, 5) is 4.86. The van der Waals surface area contributed by atoms with E-state index in [1.165, 1.54) is 42.6 Å². The van der Waals surface area contributed by atoms with Crippen LogP contribution in [0.15, 0.2) is 18.2 Å². The minimum absolute atomic E-state index is 0.667. The first-order valence-corrected chi connectivity index (χ1v) is 6.95. The van der Waals surface area contributed by atoms with E-state index in [1.807, 2.05) is 0 Å². The van der Waals surface area contributed by atoms with E-state index in [9.17, 15) is 0 Å². The van der Waals surface area contributed by atoms with Crippen molar-refractivity contribution < 1.29 is 0 Å². The molecule has 18 heavy (non-hydrogen) atoms. The average Bonchev–Trinajstić information content (AvgIpc) is 2.98. The zero-order chi connectivity index (χ0) is 12.5. The van der Waals surface area contributed by atoms with E-state index < -0.39 is 0 Å². The molecule has 0 unspecified atom stereocenters. The van der Waals surface area contributed by atoms with Crippen molar-refractivity contribution in [3.05, 3.63) is 29.6 Å². The minimum Gasteiger partial charge on any atom is -0.331 e. The smallest absolute Gasteiger partial charge is 0.112 e. The van der Waals surface area contributed by atoms with Crippen LogP contribution in [0.25, 0.3) is 11.0 Å². The van der Waals surface area contributed by atoms with E-state index >= 15 is 0 Å². The Balaban J connectivity index is 2.03. The number of nitrogens with zero attached hydrogens (tertiary/aromatic N) is 2. The SMILES string of the molecule is Cn1c(C2CCCC2)nc2cc(CCN)ccc21. The maximum absolute atomic E-state index is 5.61. The van der Waals surface area contributed by atoms with Gasteiger partial charge in [0.15, 0.2) is 0 Å². The number of rotatable bonds is 3. The molecule has 1 aromatic heterocycles. The molecule has 0 spiro atoms. The van der Waals surface area contributed by atoms with Crippen LogP contribution in [-0.4, -0.2) is 16.1 Å². The predicted octanol–water partition coefficient (Wildman–Crippen LogP) is 2.73. The van der Waals surface area contributed by atoms with Gasteiger partial charge < -0.3 is 10.3 Å². The maximum Gasteiger partial charge on any atom is 0.112 e. The van der Waals surface area contributed by atoms with E-state index in [1.54, 1.807) is 0 Å². The van der Waals surface area contributed by atoms with Gasteiger partial charge >= 0.3 is 0 Å². The van der Waals surface area contributed by atoms with Crippen molar-refractivity contribution in [3.63, 3.8) is 0 Å². The van der Waals surface area contributed by atoms with Crippen LogP contribution >= 0.6 is 0 Å². The molecule has 1 saturated carbocycles. The van der Waals surface area contributed by atoms with Crippen LogP contribution in [0.2, 0.25) is 0 Å². The fourth-order valence-corrected chi connectivity index (χ4v) is 3.14. The van der Waals surface area contributed by atoms with Crippen molar-refractivity contribution in [2.45, 2.75) is 38.0 Å². The average molecular weight is 243 g/mol. The van der Waals surface area contributed by atoms with E-state index in [4.69, 9.17) is 10.7 Å². The van der Waals surface area contributed by atoms with Gasteiger partial charge in [0, 0.05) is 13.0 Å². The van der Waals surface area contributed by atoms with Crippen molar-refractivity contribution in [1.29, 1.82) is 0 Å². The Morgan fingerprint density at radius 3 is 2.83 bits per heavy atom. The van der Waals surface area contributed by atoms with Gasteiger partial charge in [-0.2, -0.15) is 0 Å². The number of hydrogen-bond acceptors (Lipinski definition) is 2. The summed E-state index contributed by atoms with van der Waals surface area (Å²) in [6.45, 7) is 0.702. The molecule has 1 heterocycles. The molecule has 3 rings (SSSR count). The molecule has 0 amide bonds. The van der Waals surface area contributed by atoms with Gasteiger partial charge in [-0.05, 0) is 43.5 Å². The highest BCUT2D eigenvalue weighted by Gasteiger charge is 2.22. The summed E-state index contributed by atoms with van der Waals surface area (Å²) < 4.78 is 2.28. The lowest BCUT2D eigenvalue weighted by Crippen LogP contribution is -2.02. The Kier molecular flexibility index (Phi) is 3.08. The maximum atomic E-state index is 5.61. The summed E-state index contributed by atoms with van der Waals surface area (Å²) in [7, 11) is 2.14. The summed E-state index contributed by atoms with van der Waals surface area (Å²) >= 11 is 0. The van der Waals surface area contributed by atoms with Crippen molar-refractivity contribution >= 4 is 11.0 Å². The highest BCUT2D eigenvalue weighted by Crippen LogP contribution is 2.34. The molecule has 1 aromatic carbocycles. The van der Waals surface area contributed by atoms with Crippen LogP contribution in [0.4, 0.5) is 0 Å². The lowest BCUT2D eigenvalue weighted by atomic mass is 10.1. The fraction of sp³-hybridized carbons (Fsp3) is 0.533. The van der Waals surface area contributed by atoms with E-state index in [0.29, 0.717) is 12.5 Å². The fourth-order valence-electron chi connectivity index (χ4n) is 3.14. The van der Waals surface area contributed by atoms with Crippen molar-refractivity contribution in [2.75, 3.05) is 6.54 Å². The first-order chi connectivity index (χ1) is 8.79. The monoisotopic (exact) mass is 243 g/mol. The number of nitrogens with two attached hydrogens (primary N) is 1. The van der Waals surface area contributed by atoms with Gasteiger partial charge in [0.1, 0.15) is 5.82 Å².